The zero-order chi connectivity index (χ0) is 12.1. The Labute approximate surface area is 102 Å². The van der Waals surface area contributed by atoms with Crippen LogP contribution in [0.5, 0.6) is 0 Å². The Hall–Kier alpha value is -0.480. The highest BCUT2D eigenvalue weighted by atomic mass is 16.3. The minimum atomic E-state index is -0.0653. The van der Waals surface area contributed by atoms with Gasteiger partial charge >= 0.3 is 0 Å². The molecule has 16 heavy (non-hydrogen) atoms. The lowest BCUT2D eigenvalue weighted by atomic mass is 10.0. The fourth-order valence-corrected chi connectivity index (χ4v) is 1.91. The van der Waals surface area contributed by atoms with Crippen LogP contribution in [0.3, 0.4) is 0 Å². The van der Waals surface area contributed by atoms with E-state index in [9.17, 15) is 5.11 Å². The van der Waals surface area contributed by atoms with E-state index in [0.717, 1.165) is 32.1 Å². The average Bonchev–Trinajstić information content (AvgIpc) is 2.29. The molecule has 0 aliphatic carbocycles. The molecule has 0 fully saturated rings. The van der Waals surface area contributed by atoms with Crippen LogP contribution in [0, 0.1) is 12.3 Å². The van der Waals surface area contributed by atoms with Crippen molar-refractivity contribution in [1.29, 1.82) is 0 Å². The summed E-state index contributed by atoms with van der Waals surface area (Å²) in [6, 6.07) is 0. The lowest BCUT2D eigenvalue weighted by molar-refractivity contribution is 0.147. The second kappa shape index (κ2) is 12.6. The summed E-state index contributed by atoms with van der Waals surface area (Å²) in [5.41, 5.74) is 0. The Morgan fingerprint density at radius 3 is 2.06 bits per heavy atom. The third kappa shape index (κ3) is 11.6. The van der Waals surface area contributed by atoms with Crippen molar-refractivity contribution < 1.29 is 5.11 Å². The summed E-state index contributed by atoms with van der Waals surface area (Å²) in [6.45, 7) is 2.21. The number of aliphatic hydroxyl groups excluding tert-OH is 1. The van der Waals surface area contributed by atoms with E-state index in [1.807, 2.05) is 0 Å². The van der Waals surface area contributed by atoms with Crippen molar-refractivity contribution >= 4 is 0 Å². The lowest BCUT2D eigenvalue weighted by Gasteiger charge is -2.09. The second-order valence-corrected chi connectivity index (χ2v) is 4.66. The van der Waals surface area contributed by atoms with Crippen LogP contribution >= 0.6 is 0 Å². The van der Waals surface area contributed by atoms with Gasteiger partial charge in [-0.05, 0) is 19.3 Å². The molecule has 0 rings (SSSR count). The first-order valence-corrected chi connectivity index (χ1v) is 6.92. The van der Waals surface area contributed by atoms with Gasteiger partial charge in [0.25, 0.3) is 0 Å². The molecule has 0 radical (unpaired) electrons. The van der Waals surface area contributed by atoms with Gasteiger partial charge in [-0.1, -0.05) is 51.9 Å². The molecular weight excluding hydrogens is 196 g/mol. The first-order valence-electron chi connectivity index (χ1n) is 6.92. The molecule has 0 aromatic heterocycles. The van der Waals surface area contributed by atoms with Gasteiger partial charge in [-0.15, -0.1) is 12.3 Å². The minimum Gasteiger partial charge on any atom is -0.393 e. The predicted octanol–water partition coefficient (Wildman–Crippen LogP) is 4.29. The van der Waals surface area contributed by atoms with Gasteiger partial charge in [0.2, 0.25) is 0 Å². The summed E-state index contributed by atoms with van der Waals surface area (Å²) >= 11 is 0. The molecule has 0 aromatic carbocycles. The van der Waals surface area contributed by atoms with E-state index < -0.39 is 0 Å². The Morgan fingerprint density at radius 1 is 0.938 bits per heavy atom. The van der Waals surface area contributed by atoms with Crippen molar-refractivity contribution in [3.05, 3.63) is 0 Å². The van der Waals surface area contributed by atoms with E-state index in [1.54, 1.807) is 0 Å². The monoisotopic (exact) mass is 224 g/mol. The van der Waals surface area contributed by atoms with Crippen molar-refractivity contribution in [2.24, 2.45) is 0 Å². The largest absolute Gasteiger partial charge is 0.393 e. The maximum atomic E-state index is 9.72. The van der Waals surface area contributed by atoms with E-state index in [1.165, 1.54) is 38.5 Å². The average molecular weight is 224 g/mol. The van der Waals surface area contributed by atoms with Crippen molar-refractivity contribution in [2.45, 2.75) is 83.7 Å². The molecule has 0 bridgehead atoms. The Morgan fingerprint density at radius 2 is 1.50 bits per heavy atom. The van der Waals surface area contributed by atoms with Crippen molar-refractivity contribution in [2.75, 3.05) is 0 Å². The molecule has 0 saturated heterocycles. The first-order chi connectivity index (χ1) is 7.81. The molecule has 0 unspecified atom stereocenters. The van der Waals surface area contributed by atoms with Crippen LogP contribution in [0.4, 0.5) is 0 Å². The number of rotatable bonds is 11. The van der Waals surface area contributed by atoms with Crippen LogP contribution in [0.15, 0.2) is 0 Å². The summed E-state index contributed by atoms with van der Waals surface area (Å²) < 4.78 is 0. The highest BCUT2D eigenvalue weighted by molar-refractivity contribution is 4.82. The Balaban J connectivity index is 3.11. The smallest absolute Gasteiger partial charge is 0.0540 e. The summed E-state index contributed by atoms with van der Waals surface area (Å²) in [4.78, 5) is 0. The van der Waals surface area contributed by atoms with Gasteiger partial charge in [0.05, 0.1) is 6.10 Å². The third-order valence-electron chi connectivity index (χ3n) is 3.00. The van der Waals surface area contributed by atoms with E-state index in [0.29, 0.717) is 0 Å². The highest BCUT2D eigenvalue weighted by Crippen LogP contribution is 2.12. The van der Waals surface area contributed by atoms with Gasteiger partial charge in [-0.25, -0.2) is 0 Å². The van der Waals surface area contributed by atoms with Crippen LogP contribution in [-0.4, -0.2) is 11.2 Å². The summed E-state index contributed by atoms with van der Waals surface area (Å²) in [7, 11) is 0. The number of unbranched alkanes of at least 4 members (excludes halogenated alkanes) is 7. The fraction of sp³-hybridized carbons (Fsp3) is 0.867. The summed E-state index contributed by atoms with van der Waals surface area (Å²) in [5, 5.41) is 9.72. The van der Waals surface area contributed by atoms with Crippen molar-refractivity contribution in [3.63, 3.8) is 0 Å². The van der Waals surface area contributed by atoms with Gasteiger partial charge in [-0.2, -0.15) is 0 Å². The normalized spacial score (nSPS) is 12.3. The minimum absolute atomic E-state index is 0.0653. The maximum Gasteiger partial charge on any atom is 0.0540 e. The number of hydrogen-bond donors (Lipinski definition) is 1. The molecule has 1 atom stereocenters. The SMILES string of the molecule is C#CCCCCCC[C@@H](O)CCCCCC. The zero-order valence-corrected chi connectivity index (χ0v) is 10.9. The maximum absolute atomic E-state index is 9.72. The Bertz CT molecular complexity index is 169. The van der Waals surface area contributed by atoms with Crippen LogP contribution in [-0.2, 0) is 0 Å². The fourth-order valence-electron chi connectivity index (χ4n) is 1.91. The molecule has 0 aliphatic heterocycles. The Kier molecular flexibility index (Phi) is 12.2. The molecule has 1 nitrogen and oxygen atoms in total. The number of terminal acetylenes is 1. The van der Waals surface area contributed by atoms with Crippen LogP contribution < -0.4 is 0 Å². The number of aliphatic hydroxyl groups is 1. The standard InChI is InChI=1S/C15H28O/c1-3-5-7-9-10-12-14-15(16)13-11-8-6-4-2/h1,15-16H,4-14H2,2H3/t15-/m0/s1. The molecule has 0 spiro atoms. The van der Waals surface area contributed by atoms with Gasteiger partial charge in [0, 0.05) is 6.42 Å². The van der Waals surface area contributed by atoms with E-state index in [2.05, 4.69) is 12.8 Å². The predicted molar refractivity (Wildman–Crippen MR) is 71.3 cm³/mol. The molecule has 0 aromatic rings. The molecule has 0 saturated carbocycles. The molecule has 1 N–H and O–H groups in total. The van der Waals surface area contributed by atoms with Crippen LogP contribution in [0.1, 0.15) is 77.6 Å². The molecule has 94 valence electrons. The highest BCUT2D eigenvalue weighted by Gasteiger charge is 2.03. The first kappa shape index (κ1) is 15.5. The number of hydrogen-bond acceptors (Lipinski definition) is 1. The summed E-state index contributed by atoms with van der Waals surface area (Å²) in [6.07, 6.45) is 17.7. The summed E-state index contributed by atoms with van der Waals surface area (Å²) in [5.74, 6) is 2.66. The van der Waals surface area contributed by atoms with Gasteiger partial charge < -0.3 is 5.11 Å². The molecule has 0 heterocycles. The van der Waals surface area contributed by atoms with Gasteiger partial charge in [0.1, 0.15) is 0 Å². The van der Waals surface area contributed by atoms with Gasteiger partial charge in [0.15, 0.2) is 0 Å². The van der Waals surface area contributed by atoms with Gasteiger partial charge in [-0.3, -0.25) is 0 Å². The van der Waals surface area contributed by atoms with Crippen molar-refractivity contribution in [1.82, 2.24) is 0 Å². The van der Waals surface area contributed by atoms with Crippen molar-refractivity contribution in [3.8, 4) is 12.3 Å². The van der Waals surface area contributed by atoms with E-state index >= 15 is 0 Å². The second-order valence-electron chi connectivity index (χ2n) is 4.66. The van der Waals surface area contributed by atoms with Crippen LogP contribution in [0.25, 0.3) is 0 Å². The van der Waals surface area contributed by atoms with Crippen LogP contribution in [0.2, 0.25) is 0 Å². The molecule has 0 aliphatic rings. The molecular formula is C15H28O. The lowest BCUT2D eigenvalue weighted by Crippen LogP contribution is -2.05. The zero-order valence-electron chi connectivity index (χ0n) is 10.9. The molecule has 0 amide bonds. The van der Waals surface area contributed by atoms with E-state index in [-0.39, 0.29) is 6.10 Å². The molecule has 1 heteroatoms. The topological polar surface area (TPSA) is 20.2 Å². The third-order valence-corrected chi connectivity index (χ3v) is 3.00. The van der Waals surface area contributed by atoms with E-state index in [4.69, 9.17) is 6.42 Å². The quantitative estimate of drug-likeness (QED) is 0.410.